The zero-order chi connectivity index (χ0) is 15.4. The van der Waals surface area contributed by atoms with Crippen LogP contribution in [-0.4, -0.2) is 43.6 Å². The summed E-state index contributed by atoms with van der Waals surface area (Å²) in [4.78, 5) is 11.9. The first-order chi connectivity index (χ1) is 10.2. The maximum atomic E-state index is 11.9. The van der Waals surface area contributed by atoms with Gasteiger partial charge in [-0.3, -0.25) is 0 Å². The van der Waals surface area contributed by atoms with Gasteiger partial charge >= 0.3 is 5.97 Å². The molecule has 0 atom stereocenters. The number of benzene rings is 1. The van der Waals surface area contributed by atoms with E-state index in [1.807, 2.05) is 10.6 Å². The summed E-state index contributed by atoms with van der Waals surface area (Å²) in [6.45, 7) is 0.681. The number of aliphatic hydroxyl groups is 1. The van der Waals surface area contributed by atoms with Gasteiger partial charge in [0.2, 0.25) is 0 Å². The van der Waals surface area contributed by atoms with Crippen LogP contribution in [0.4, 0.5) is 0 Å². The molecule has 0 saturated heterocycles. The van der Waals surface area contributed by atoms with Crippen LogP contribution in [0.2, 0.25) is 0 Å². The predicted octanol–water partition coefficient (Wildman–Crippen LogP) is 1.83. The van der Waals surface area contributed by atoms with Crippen LogP contribution >= 0.6 is 0 Å². The zero-order valence-corrected chi connectivity index (χ0v) is 12.4. The largest absolute Gasteiger partial charge is 0.493 e. The lowest BCUT2D eigenvalue weighted by molar-refractivity contribution is 0.0602. The summed E-state index contributed by atoms with van der Waals surface area (Å²) in [5, 5.41) is 9.73. The van der Waals surface area contributed by atoms with Crippen molar-refractivity contribution in [3.05, 3.63) is 23.9 Å². The number of nitrogens with zero attached hydrogens (tertiary/aromatic N) is 1. The summed E-state index contributed by atoms with van der Waals surface area (Å²) < 4.78 is 17.3. The lowest BCUT2D eigenvalue weighted by atomic mass is 10.1. The Morgan fingerprint density at radius 2 is 1.86 bits per heavy atom. The molecule has 0 aliphatic heterocycles. The van der Waals surface area contributed by atoms with E-state index in [9.17, 15) is 4.79 Å². The monoisotopic (exact) mass is 293 g/mol. The molecule has 2 rings (SSSR count). The minimum absolute atomic E-state index is 0.0838. The lowest BCUT2D eigenvalue weighted by Gasteiger charge is -2.09. The number of hydrogen-bond donors (Lipinski definition) is 1. The van der Waals surface area contributed by atoms with E-state index in [0.29, 0.717) is 30.0 Å². The highest BCUT2D eigenvalue weighted by Crippen LogP contribution is 2.35. The van der Waals surface area contributed by atoms with Gasteiger partial charge in [0.25, 0.3) is 0 Å². The third-order valence-electron chi connectivity index (χ3n) is 3.35. The van der Waals surface area contributed by atoms with Crippen LogP contribution in [0.3, 0.4) is 0 Å². The van der Waals surface area contributed by atoms with E-state index < -0.39 is 5.97 Å². The second kappa shape index (κ2) is 6.49. The number of methoxy groups -OCH3 is 3. The number of carbonyl (C=O) groups excluding carboxylic acids is 1. The van der Waals surface area contributed by atoms with Gasteiger partial charge in [-0.25, -0.2) is 4.79 Å². The van der Waals surface area contributed by atoms with Gasteiger partial charge < -0.3 is 23.9 Å². The maximum Gasteiger partial charge on any atom is 0.340 e. The van der Waals surface area contributed by atoms with E-state index in [0.717, 1.165) is 10.9 Å². The van der Waals surface area contributed by atoms with Crippen molar-refractivity contribution in [1.82, 2.24) is 4.57 Å². The summed E-state index contributed by atoms with van der Waals surface area (Å²) in [6, 6.07) is 3.58. The highest BCUT2D eigenvalue weighted by atomic mass is 16.5. The molecule has 1 heterocycles. The molecule has 0 radical (unpaired) electrons. The number of carbonyl (C=O) groups is 1. The van der Waals surface area contributed by atoms with Crippen molar-refractivity contribution in [1.29, 1.82) is 0 Å². The number of aromatic nitrogens is 1. The molecule has 2 aromatic rings. The predicted molar refractivity (Wildman–Crippen MR) is 78.1 cm³/mol. The Morgan fingerprint density at radius 1 is 1.19 bits per heavy atom. The van der Waals surface area contributed by atoms with Crippen molar-refractivity contribution in [3.8, 4) is 11.5 Å². The fourth-order valence-corrected chi connectivity index (χ4v) is 2.32. The molecule has 0 aliphatic rings. The summed E-state index contributed by atoms with van der Waals surface area (Å²) in [5.74, 6) is 0.731. The quantitative estimate of drug-likeness (QED) is 0.823. The number of aliphatic hydroxyl groups excluding tert-OH is 1. The highest BCUT2D eigenvalue weighted by molar-refractivity contribution is 6.05. The van der Waals surface area contributed by atoms with Gasteiger partial charge in [0.05, 0.1) is 32.4 Å². The molecule has 0 bridgehead atoms. The number of fused-ring (bicyclic) bond motifs is 1. The van der Waals surface area contributed by atoms with E-state index in [-0.39, 0.29) is 6.61 Å². The van der Waals surface area contributed by atoms with Crippen molar-refractivity contribution >= 4 is 16.9 Å². The Labute approximate surface area is 122 Å². The van der Waals surface area contributed by atoms with Crippen molar-refractivity contribution in [3.63, 3.8) is 0 Å². The molecule has 0 aliphatic carbocycles. The number of rotatable bonds is 6. The van der Waals surface area contributed by atoms with E-state index >= 15 is 0 Å². The lowest BCUT2D eigenvalue weighted by Crippen LogP contribution is -2.01. The van der Waals surface area contributed by atoms with Gasteiger partial charge in [-0.2, -0.15) is 0 Å². The Bertz CT molecular complexity index is 647. The summed E-state index contributed by atoms with van der Waals surface area (Å²) in [5.41, 5.74) is 1.30. The van der Waals surface area contributed by atoms with Crippen molar-refractivity contribution in [2.75, 3.05) is 27.9 Å². The molecule has 6 nitrogen and oxygen atoms in total. The van der Waals surface area contributed by atoms with Crippen LogP contribution in [0.25, 0.3) is 10.9 Å². The van der Waals surface area contributed by atoms with Gasteiger partial charge in [0.15, 0.2) is 11.5 Å². The fraction of sp³-hybridized carbons (Fsp3) is 0.400. The third kappa shape index (κ3) is 2.80. The normalized spacial score (nSPS) is 10.7. The standard InChI is InChI=1S/C15H19NO5/c1-19-13-7-10-11(15(18)21-3)9-16(5-4-6-17)12(10)8-14(13)20-2/h7-9,17H,4-6H2,1-3H3. The van der Waals surface area contributed by atoms with E-state index in [1.165, 1.54) is 7.11 Å². The summed E-state index contributed by atoms with van der Waals surface area (Å²) in [6.07, 6.45) is 2.32. The Morgan fingerprint density at radius 3 is 2.43 bits per heavy atom. The summed E-state index contributed by atoms with van der Waals surface area (Å²) in [7, 11) is 4.45. The van der Waals surface area contributed by atoms with E-state index in [2.05, 4.69) is 0 Å². The first-order valence-corrected chi connectivity index (χ1v) is 6.60. The van der Waals surface area contributed by atoms with Gasteiger partial charge in [0.1, 0.15) is 0 Å². The highest BCUT2D eigenvalue weighted by Gasteiger charge is 2.18. The maximum absolute atomic E-state index is 11.9. The van der Waals surface area contributed by atoms with Gasteiger partial charge in [-0.1, -0.05) is 0 Å². The molecule has 0 unspecified atom stereocenters. The fourth-order valence-electron chi connectivity index (χ4n) is 2.32. The Hall–Kier alpha value is -2.21. The van der Waals surface area contributed by atoms with Crippen LogP contribution in [0.15, 0.2) is 18.3 Å². The molecule has 1 aromatic heterocycles. The SMILES string of the molecule is COC(=O)c1cn(CCCO)c2cc(OC)c(OC)cc12. The molecule has 21 heavy (non-hydrogen) atoms. The van der Waals surface area contributed by atoms with Crippen molar-refractivity contribution in [2.45, 2.75) is 13.0 Å². The second-order valence-corrected chi connectivity index (χ2v) is 4.53. The molecular weight excluding hydrogens is 274 g/mol. The van der Waals surface area contributed by atoms with Crippen LogP contribution in [0.1, 0.15) is 16.8 Å². The second-order valence-electron chi connectivity index (χ2n) is 4.53. The third-order valence-corrected chi connectivity index (χ3v) is 3.35. The molecule has 0 spiro atoms. The minimum Gasteiger partial charge on any atom is -0.493 e. The molecule has 1 N–H and O–H groups in total. The van der Waals surface area contributed by atoms with E-state index in [1.54, 1.807) is 26.5 Å². The number of hydrogen-bond acceptors (Lipinski definition) is 5. The van der Waals surface area contributed by atoms with Crippen LogP contribution < -0.4 is 9.47 Å². The average Bonchev–Trinajstić information content (AvgIpc) is 2.88. The smallest absolute Gasteiger partial charge is 0.340 e. The summed E-state index contributed by atoms with van der Waals surface area (Å²) >= 11 is 0. The number of esters is 1. The molecule has 6 heteroatoms. The van der Waals surface area contributed by atoms with E-state index in [4.69, 9.17) is 19.3 Å². The Balaban J connectivity index is 2.65. The molecule has 114 valence electrons. The average molecular weight is 293 g/mol. The first kappa shape index (κ1) is 15.2. The first-order valence-electron chi connectivity index (χ1n) is 6.60. The topological polar surface area (TPSA) is 69.9 Å². The van der Waals surface area contributed by atoms with Gasteiger partial charge in [-0.05, 0) is 12.5 Å². The zero-order valence-electron chi connectivity index (χ0n) is 12.4. The molecule has 0 fully saturated rings. The van der Waals surface area contributed by atoms with Crippen LogP contribution in [0, 0.1) is 0 Å². The van der Waals surface area contributed by atoms with Crippen LogP contribution in [-0.2, 0) is 11.3 Å². The molecular formula is C15H19NO5. The van der Waals surface area contributed by atoms with Crippen molar-refractivity contribution < 1.29 is 24.1 Å². The Kier molecular flexibility index (Phi) is 4.70. The number of ether oxygens (including phenoxy) is 3. The van der Waals surface area contributed by atoms with Crippen LogP contribution in [0.5, 0.6) is 11.5 Å². The van der Waals surface area contributed by atoms with Gasteiger partial charge in [0, 0.05) is 30.8 Å². The van der Waals surface area contributed by atoms with Crippen molar-refractivity contribution in [2.24, 2.45) is 0 Å². The minimum atomic E-state index is -0.407. The van der Waals surface area contributed by atoms with Gasteiger partial charge in [-0.15, -0.1) is 0 Å². The number of aryl methyl sites for hydroxylation is 1. The molecule has 0 saturated carbocycles. The molecule has 0 amide bonds. The molecule has 1 aromatic carbocycles.